The van der Waals surface area contributed by atoms with Crippen molar-refractivity contribution in [3.63, 3.8) is 0 Å². The summed E-state index contributed by atoms with van der Waals surface area (Å²) >= 11 is 0. The van der Waals surface area contributed by atoms with Crippen molar-refractivity contribution in [2.45, 2.75) is 0 Å². The molecule has 0 fully saturated rings. The smallest absolute Gasteiger partial charge is 0.429 e. The van der Waals surface area contributed by atoms with Crippen molar-refractivity contribution in [1.82, 2.24) is 0 Å². The summed E-state index contributed by atoms with van der Waals surface area (Å²) in [5.74, 6) is 0. The van der Waals surface area contributed by atoms with Crippen LogP contribution in [0.3, 0.4) is 0 Å². The Morgan fingerprint density at radius 2 is 0.867 bits per heavy atom. The molecule has 75 valence electrons. The molecular formula is C12H12BO2. The highest BCUT2D eigenvalue weighted by Gasteiger charge is 1.91. The molecule has 0 atom stereocenters. The van der Waals surface area contributed by atoms with Gasteiger partial charge in [0.2, 0.25) is 0 Å². The first-order valence-corrected chi connectivity index (χ1v) is 4.59. The Morgan fingerprint density at radius 3 is 1.13 bits per heavy atom. The average Bonchev–Trinajstić information content (AvgIpc) is 2.32. The van der Waals surface area contributed by atoms with E-state index in [0.717, 1.165) is 0 Å². The van der Waals surface area contributed by atoms with E-state index in [9.17, 15) is 0 Å². The number of benzene rings is 2. The van der Waals surface area contributed by atoms with E-state index in [2.05, 4.69) is 48.5 Å². The van der Waals surface area contributed by atoms with E-state index in [0.29, 0.717) is 0 Å². The second-order valence-electron chi connectivity index (χ2n) is 2.85. The van der Waals surface area contributed by atoms with Gasteiger partial charge in [0.25, 0.3) is 0 Å². The van der Waals surface area contributed by atoms with E-state index in [1.54, 1.807) is 0 Å². The molecule has 0 amide bonds. The minimum absolute atomic E-state index is 0. The number of hydrogen-bond donors (Lipinski definition) is 2. The van der Waals surface area contributed by atoms with Crippen LogP contribution in [0.15, 0.2) is 60.7 Å². The third-order valence-corrected chi connectivity index (χ3v) is 1.88. The monoisotopic (exact) mass is 199 g/mol. The van der Waals surface area contributed by atoms with Gasteiger partial charge in [-0.25, -0.2) is 0 Å². The zero-order chi connectivity index (χ0) is 10.9. The predicted octanol–water partition coefficient (Wildman–Crippen LogP) is 1.86. The Balaban J connectivity index is 0.000000337. The van der Waals surface area contributed by atoms with Crippen molar-refractivity contribution in [2.24, 2.45) is 0 Å². The van der Waals surface area contributed by atoms with Crippen molar-refractivity contribution < 1.29 is 10.0 Å². The molecule has 2 nitrogen and oxygen atoms in total. The summed E-state index contributed by atoms with van der Waals surface area (Å²) in [6, 6.07) is 20.8. The lowest BCUT2D eigenvalue weighted by atomic mass is 10.1. The summed E-state index contributed by atoms with van der Waals surface area (Å²) in [4.78, 5) is 0. The molecule has 15 heavy (non-hydrogen) atoms. The predicted molar refractivity (Wildman–Crippen MR) is 62.1 cm³/mol. The van der Waals surface area contributed by atoms with E-state index in [4.69, 9.17) is 10.0 Å². The second-order valence-corrected chi connectivity index (χ2v) is 2.85. The molecule has 0 saturated heterocycles. The molecular weight excluding hydrogens is 187 g/mol. The van der Waals surface area contributed by atoms with Crippen LogP contribution in [-0.4, -0.2) is 17.7 Å². The fraction of sp³-hybridized carbons (Fsp3) is 0. The molecule has 2 aromatic rings. The van der Waals surface area contributed by atoms with Crippen LogP contribution in [0.4, 0.5) is 0 Å². The summed E-state index contributed by atoms with van der Waals surface area (Å²) in [5, 5.41) is 14.0. The Bertz CT molecular complexity index is 324. The van der Waals surface area contributed by atoms with Gasteiger partial charge in [-0.2, -0.15) is 0 Å². The van der Waals surface area contributed by atoms with Crippen LogP contribution in [0.2, 0.25) is 0 Å². The summed E-state index contributed by atoms with van der Waals surface area (Å²) in [5.41, 5.74) is 2.55. The highest BCUT2D eigenvalue weighted by atomic mass is 16.4. The molecule has 0 unspecified atom stereocenters. The molecule has 0 aromatic heterocycles. The average molecular weight is 199 g/mol. The van der Waals surface area contributed by atoms with Crippen LogP contribution in [0, 0.1) is 0 Å². The van der Waals surface area contributed by atoms with Gasteiger partial charge in [-0.05, 0) is 11.1 Å². The van der Waals surface area contributed by atoms with E-state index >= 15 is 0 Å². The maximum Gasteiger partial charge on any atom is 0.482 e. The van der Waals surface area contributed by atoms with Gasteiger partial charge in [0.15, 0.2) is 0 Å². The third kappa shape index (κ3) is 3.98. The van der Waals surface area contributed by atoms with E-state index in [-0.39, 0.29) is 7.69 Å². The van der Waals surface area contributed by atoms with Gasteiger partial charge >= 0.3 is 7.69 Å². The second kappa shape index (κ2) is 6.82. The molecule has 0 aliphatic carbocycles. The molecule has 0 spiro atoms. The van der Waals surface area contributed by atoms with E-state index in [1.165, 1.54) is 11.1 Å². The van der Waals surface area contributed by atoms with Gasteiger partial charge in [0.1, 0.15) is 0 Å². The summed E-state index contributed by atoms with van der Waals surface area (Å²) < 4.78 is 0. The van der Waals surface area contributed by atoms with Crippen LogP contribution in [0.1, 0.15) is 0 Å². The Labute approximate surface area is 90.1 Å². The van der Waals surface area contributed by atoms with Crippen LogP contribution in [0.5, 0.6) is 0 Å². The Kier molecular flexibility index (Phi) is 5.23. The van der Waals surface area contributed by atoms with Crippen LogP contribution >= 0.6 is 0 Å². The largest absolute Gasteiger partial charge is 0.482 e. The van der Waals surface area contributed by atoms with Gasteiger partial charge in [-0.1, -0.05) is 60.7 Å². The lowest BCUT2D eigenvalue weighted by Gasteiger charge is -1.98. The first kappa shape index (κ1) is 11.5. The third-order valence-electron chi connectivity index (χ3n) is 1.88. The number of rotatable bonds is 1. The van der Waals surface area contributed by atoms with Gasteiger partial charge in [0.05, 0.1) is 0 Å². The normalized spacial score (nSPS) is 8.67. The SMILES string of the molecule is O[B]O.c1ccc(-c2ccccc2)cc1. The van der Waals surface area contributed by atoms with E-state index < -0.39 is 0 Å². The standard InChI is InChI=1S/C12H10.BH2O2/c1-3-7-11(8-4-1)12-9-5-2-6-10-12;2-1-3/h1-10H;2-3H. The van der Waals surface area contributed by atoms with Crippen LogP contribution < -0.4 is 0 Å². The molecule has 1 radical (unpaired) electrons. The van der Waals surface area contributed by atoms with Crippen molar-refractivity contribution in [1.29, 1.82) is 0 Å². The molecule has 2 aromatic carbocycles. The highest BCUT2D eigenvalue weighted by molar-refractivity contribution is 6.13. The minimum Gasteiger partial charge on any atom is -0.429 e. The molecule has 0 bridgehead atoms. The van der Waals surface area contributed by atoms with Crippen molar-refractivity contribution >= 4 is 7.69 Å². The van der Waals surface area contributed by atoms with Gasteiger partial charge in [-0.15, -0.1) is 0 Å². The van der Waals surface area contributed by atoms with Crippen molar-refractivity contribution in [3.8, 4) is 11.1 Å². The fourth-order valence-corrected chi connectivity index (χ4v) is 1.26. The fourth-order valence-electron chi connectivity index (χ4n) is 1.26. The van der Waals surface area contributed by atoms with Gasteiger partial charge in [-0.3, -0.25) is 0 Å². The molecule has 2 rings (SSSR count). The zero-order valence-electron chi connectivity index (χ0n) is 8.25. The summed E-state index contributed by atoms with van der Waals surface area (Å²) in [6.45, 7) is 0. The first-order valence-electron chi connectivity index (χ1n) is 4.59. The van der Waals surface area contributed by atoms with Crippen molar-refractivity contribution in [3.05, 3.63) is 60.7 Å². The Morgan fingerprint density at radius 1 is 0.600 bits per heavy atom. The topological polar surface area (TPSA) is 40.5 Å². The molecule has 0 heterocycles. The molecule has 0 saturated carbocycles. The summed E-state index contributed by atoms with van der Waals surface area (Å²) in [7, 11) is 0. The maximum atomic E-state index is 7.00. The lowest BCUT2D eigenvalue weighted by Crippen LogP contribution is -1.75. The van der Waals surface area contributed by atoms with Gasteiger partial charge in [0, 0.05) is 0 Å². The van der Waals surface area contributed by atoms with Gasteiger partial charge < -0.3 is 10.0 Å². The molecule has 2 N–H and O–H groups in total. The minimum atomic E-state index is 0. The number of hydrogen-bond acceptors (Lipinski definition) is 2. The maximum absolute atomic E-state index is 7.00. The quantitative estimate of drug-likeness (QED) is 0.688. The van der Waals surface area contributed by atoms with Crippen LogP contribution in [0.25, 0.3) is 11.1 Å². The first-order chi connectivity index (χ1) is 7.38. The summed E-state index contributed by atoms with van der Waals surface area (Å²) in [6.07, 6.45) is 0. The molecule has 0 aliphatic heterocycles. The zero-order valence-corrected chi connectivity index (χ0v) is 8.25. The van der Waals surface area contributed by atoms with E-state index in [1.807, 2.05) is 12.1 Å². The molecule has 3 heteroatoms. The van der Waals surface area contributed by atoms with Crippen LogP contribution in [-0.2, 0) is 0 Å². The molecule has 0 aliphatic rings. The highest BCUT2D eigenvalue weighted by Crippen LogP contribution is 2.17. The van der Waals surface area contributed by atoms with Crippen molar-refractivity contribution in [2.75, 3.05) is 0 Å². The lowest BCUT2D eigenvalue weighted by molar-refractivity contribution is 0.448. The Hall–Kier alpha value is -1.58.